The third-order valence-corrected chi connectivity index (χ3v) is 3.16. The zero-order valence-electron chi connectivity index (χ0n) is 11.0. The predicted octanol–water partition coefficient (Wildman–Crippen LogP) is 1.45. The van der Waals surface area contributed by atoms with Crippen LogP contribution in [0.15, 0.2) is 24.3 Å². The van der Waals surface area contributed by atoms with Crippen molar-refractivity contribution in [2.24, 2.45) is 0 Å². The summed E-state index contributed by atoms with van der Waals surface area (Å²) in [6.45, 7) is 4.91. The van der Waals surface area contributed by atoms with Gasteiger partial charge in [0.15, 0.2) is 0 Å². The van der Waals surface area contributed by atoms with Crippen LogP contribution in [0.4, 0.5) is 0 Å². The summed E-state index contributed by atoms with van der Waals surface area (Å²) in [7, 11) is 2.04. The maximum Gasteiger partial charge on any atom is 0.119 e. The van der Waals surface area contributed by atoms with Gasteiger partial charge in [-0.15, -0.1) is 0 Å². The lowest BCUT2D eigenvalue weighted by atomic mass is 10.0. The molecule has 1 aliphatic heterocycles. The summed E-state index contributed by atoms with van der Waals surface area (Å²) in [5, 5.41) is 10.3. The van der Waals surface area contributed by atoms with Crippen LogP contribution in [-0.2, 0) is 4.74 Å². The third kappa shape index (κ3) is 3.22. The molecule has 0 radical (unpaired) electrons. The van der Waals surface area contributed by atoms with Gasteiger partial charge in [-0.1, -0.05) is 12.1 Å². The fourth-order valence-corrected chi connectivity index (χ4v) is 2.17. The highest BCUT2D eigenvalue weighted by Gasteiger charge is 2.26. The molecule has 1 aliphatic rings. The Balaban J connectivity index is 2.07. The number of nitrogens with zero attached hydrogens (tertiary/aromatic N) is 1. The summed E-state index contributed by atoms with van der Waals surface area (Å²) in [5.41, 5.74) is 0.848. The SMILES string of the molecule is CCOc1cccc(C(O)C2CN(C)CCO2)c1. The van der Waals surface area contributed by atoms with E-state index in [4.69, 9.17) is 9.47 Å². The second-order valence-electron chi connectivity index (χ2n) is 4.62. The minimum Gasteiger partial charge on any atom is -0.494 e. The van der Waals surface area contributed by atoms with E-state index in [0.717, 1.165) is 24.4 Å². The van der Waals surface area contributed by atoms with Crippen molar-refractivity contribution in [1.82, 2.24) is 4.90 Å². The lowest BCUT2D eigenvalue weighted by molar-refractivity contribution is -0.0845. The maximum atomic E-state index is 10.3. The Bertz CT molecular complexity index is 383. The smallest absolute Gasteiger partial charge is 0.119 e. The van der Waals surface area contributed by atoms with E-state index in [-0.39, 0.29) is 6.10 Å². The number of rotatable bonds is 4. The second kappa shape index (κ2) is 6.18. The molecule has 100 valence electrons. The lowest BCUT2D eigenvalue weighted by Crippen LogP contribution is -2.42. The van der Waals surface area contributed by atoms with Gasteiger partial charge in [-0.05, 0) is 31.7 Å². The van der Waals surface area contributed by atoms with E-state index in [0.29, 0.717) is 13.2 Å². The van der Waals surface area contributed by atoms with Gasteiger partial charge >= 0.3 is 0 Å². The molecule has 1 heterocycles. The molecule has 2 unspecified atom stereocenters. The van der Waals surface area contributed by atoms with Crippen LogP contribution in [0.25, 0.3) is 0 Å². The fraction of sp³-hybridized carbons (Fsp3) is 0.571. The van der Waals surface area contributed by atoms with E-state index < -0.39 is 6.10 Å². The van der Waals surface area contributed by atoms with Gasteiger partial charge in [0.1, 0.15) is 18.0 Å². The highest BCUT2D eigenvalue weighted by Crippen LogP contribution is 2.25. The number of morpholine rings is 1. The molecule has 0 spiro atoms. The number of hydrogen-bond donors (Lipinski definition) is 1. The monoisotopic (exact) mass is 251 g/mol. The summed E-state index contributed by atoms with van der Waals surface area (Å²) < 4.78 is 11.1. The van der Waals surface area contributed by atoms with E-state index in [1.807, 2.05) is 38.2 Å². The molecule has 4 nitrogen and oxygen atoms in total. The van der Waals surface area contributed by atoms with Gasteiger partial charge < -0.3 is 19.5 Å². The molecular formula is C14H21NO3. The van der Waals surface area contributed by atoms with Crippen molar-refractivity contribution in [3.8, 4) is 5.75 Å². The normalized spacial score (nSPS) is 22.7. The van der Waals surface area contributed by atoms with Crippen LogP contribution >= 0.6 is 0 Å². The Morgan fingerprint density at radius 1 is 1.56 bits per heavy atom. The largest absolute Gasteiger partial charge is 0.494 e. The van der Waals surface area contributed by atoms with Crippen molar-refractivity contribution in [1.29, 1.82) is 0 Å². The highest BCUT2D eigenvalue weighted by molar-refractivity contribution is 5.30. The van der Waals surface area contributed by atoms with Crippen molar-refractivity contribution >= 4 is 0 Å². The molecule has 1 aromatic rings. The Kier molecular flexibility index (Phi) is 4.58. The van der Waals surface area contributed by atoms with Crippen LogP contribution in [0.3, 0.4) is 0 Å². The number of hydrogen-bond acceptors (Lipinski definition) is 4. The maximum absolute atomic E-state index is 10.3. The molecule has 1 fully saturated rings. The summed E-state index contributed by atoms with van der Waals surface area (Å²) in [4.78, 5) is 2.17. The van der Waals surface area contributed by atoms with E-state index in [1.165, 1.54) is 0 Å². The molecule has 0 amide bonds. The minimum atomic E-state index is -0.604. The van der Waals surface area contributed by atoms with Gasteiger partial charge in [0, 0.05) is 13.1 Å². The van der Waals surface area contributed by atoms with E-state index in [9.17, 15) is 5.11 Å². The number of aliphatic hydroxyl groups is 1. The summed E-state index contributed by atoms with van der Waals surface area (Å²) >= 11 is 0. The van der Waals surface area contributed by atoms with E-state index in [2.05, 4.69) is 4.90 Å². The molecule has 0 aromatic heterocycles. The van der Waals surface area contributed by atoms with Gasteiger partial charge in [-0.25, -0.2) is 0 Å². The van der Waals surface area contributed by atoms with Gasteiger partial charge in [-0.3, -0.25) is 0 Å². The average molecular weight is 251 g/mol. The minimum absolute atomic E-state index is 0.166. The molecule has 0 bridgehead atoms. The zero-order chi connectivity index (χ0) is 13.0. The lowest BCUT2D eigenvalue weighted by Gasteiger charge is -2.33. The van der Waals surface area contributed by atoms with Crippen LogP contribution < -0.4 is 4.74 Å². The standard InChI is InChI=1S/C14H21NO3/c1-3-17-12-6-4-5-11(9-12)14(16)13-10-15(2)7-8-18-13/h4-6,9,13-14,16H,3,7-8,10H2,1-2H3. The molecule has 4 heteroatoms. The molecule has 0 aliphatic carbocycles. The van der Waals surface area contributed by atoms with Crippen LogP contribution in [0, 0.1) is 0 Å². The van der Waals surface area contributed by atoms with E-state index in [1.54, 1.807) is 0 Å². The van der Waals surface area contributed by atoms with Crippen LogP contribution in [0.5, 0.6) is 5.75 Å². The van der Waals surface area contributed by atoms with Crippen LogP contribution in [0.1, 0.15) is 18.6 Å². The molecule has 0 saturated carbocycles. The molecule has 2 rings (SSSR count). The van der Waals surface area contributed by atoms with E-state index >= 15 is 0 Å². The van der Waals surface area contributed by atoms with Gasteiger partial charge in [-0.2, -0.15) is 0 Å². The number of likely N-dealkylation sites (N-methyl/N-ethyl adjacent to an activating group) is 1. The number of benzene rings is 1. The van der Waals surface area contributed by atoms with Crippen molar-refractivity contribution in [3.63, 3.8) is 0 Å². The van der Waals surface area contributed by atoms with Crippen LogP contribution in [0.2, 0.25) is 0 Å². The molecule has 2 atom stereocenters. The van der Waals surface area contributed by atoms with Gasteiger partial charge in [0.25, 0.3) is 0 Å². The van der Waals surface area contributed by atoms with Gasteiger partial charge in [0.05, 0.1) is 13.2 Å². The average Bonchev–Trinajstić information content (AvgIpc) is 2.39. The summed E-state index contributed by atoms with van der Waals surface area (Å²) in [5.74, 6) is 0.790. The summed E-state index contributed by atoms with van der Waals surface area (Å²) in [6.07, 6.45) is -0.770. The Labute approximate surface area is 108 Å². The first-order valence-electron chi connectivity index (χ1n) is 6.41. The predicted molar refractivity (Wildman–Crippen MR) is 69.8 cm³/mol. The topological polar surface area (TPSA) is 41.9 Å². The fourth-order valence-electron chi connectivity index (χ4n) is 2.17. The third-order valence-electron chi connectivity index (χ3n) is 3.16. The Hall–Kier alpha value is -1.10. The first-order valence-corrected chi connectivity index (χ1v) is 6.41. The number of aliphatic hydroxyl groups excluding tert-OH is 1. The van der Waals surface area contributed by atoms with Crippen LogP contribution in [-0.4, -0.2) is 49.5 Å². The van der Waals surface area contributed by atoms with Crippen molar-refractivity contribution in [3.05, 3.63) is 29.8 Å². The molecule has 1 N–H and O–H groups in total. The quantitative estimate of drug-likeness (QED) is 0.879. The molecule has 18 heavy (non-hydrogen) atoms. The highest BCUT2D eigenvalue weighted by atomic mass is 16.5. The first-order chi connectivity index (χ1) is 8.70. The van der Waals surface area contributed by atoms with Crippen molar-refractivity contribution < 1.29 is 14.6 Å². The zero-order valence-corrected chi connectivity index (χ0v) is 11.0. The Morgan fingerprint density at radius 2 is 2.39 bits per heavy atom. The van der Waals surface area contributed by atoms with Crippen molar-refractivity contribution in [2.75, 3.05) is 33.4 Å². The van der Waals surface area contributed by atoms with Gasteiger partial charge in [0.2, 0.25) is 0 Å². The molecule has 1 saturated heterocycles. The number of ether oxygens (including phenoxy) is 2. The first kappa shape index (κ1) is 13.3. The molecular weight excluding hydrogens is 230 g/mol. The Morgan fingerprint density at radius 3 is 3.11 bits per heavy atom. The molecule has 1 aromatic carbocycles. The van der Waals surface area contributed by atoms with Crippen molar-refractivity contribution in [2.45, 2.75) is 19.1 Å². The summed E-state index contributed by atoms with van der Waals surface area (Å²) in [6, 6.07) is 7.58. The second-order valence-corrected chi connectivity index (χ2v) is 4.62.